The largest absolute Gasteiger partial charge is 0.478 e. The smallest absolute Gasteiger partial charge is 0.339 e. The van der Waals surface area contributed by atoms with E-state index in [0.29, 0.717) is 17.9 Å². The van der Waals surface area contributed by atoms with E-state index in [-0.39, 0.29) is 18.0 Å². The lowest BCUT2D eigenvalue weighted by molar-refractivity contribution is -0.129. The molecule has 0 aliphatic heterocycles. The zero-order valence-electron chi connectivity index (χ0n) is 13.2. The molecule has 0 saturated carbocycles. The molecule has 1 amide bonds. The number of aromatic carboxylic acids is 1. The van der Waals surface area contributed by atoms with Gasteiger partial charge in [0.1, 0.15) is 17.1 Å². The number of aryl methyl sites for hydroxylation is 2. The van der Waals surface area contributed by atoms with E-state index in [4.69, 9.17) is 9.52 Å². The Morgan fingerprint density at radius 2 is 1.96 bits per heavy atom. The molecule has 5 nitrogen and oxygen atoms in total. The van der Waals surface area contributed by atoms with E-state index < -0.39 is 5.97 Å². The van der Waals surface area contributed by atoms with Crippen LogP contribution in [-0.2, 0) is 17.8 Å². The molecule has 0 atom stereocenters. The van der Waals surface area contributed by atoms with Crippen molar-refractivity contribution >= 4 is 27.8 Å². The van der Waals surface area contributed by atoms with Gasteiger partial charge in [0, 0.05) is 11.5 Å². The van der Waals surface area contributed by atoms with Crippen LogP contribution in [0.25, 0.3) is 0 Å². The normalized spacial score (nSPS) is 10.6. The summed E-state index contributed by atoms with van der Waals surface area (Å²) in [5.41, 5.74) is 2.14. The minimum Gasteiger partial charge on any atom is -0.478 e. The highest BCUT2D eigenvalue weighted by molar-refractivity contribution is 9.10. The minimum atomic E-state index is -1.03. The summed E-state index contributed by atoms with van der Waals surface area (Å²) in [7, 11) is 1.68. The Kier molecular flexibility index (Phi) is 5.26. The van der Waals surface area contributed by atoms with Crippen LogP contribution in [0.5, 0.6) is 0 Å². The van der Waals surface area contributed by atoms with Gasteiger partial charge in [-0.25, -0.2) is 4.79 Å². The van der Waals surface area contributed by atoms with Crippen molar-refractivity contribution in [3.63, 3.8) is 0 Å². The van der Waals surface area contributed by atoms with E-state index in [2.05, 4.69) is 15.9 Å². The fourth-order valence-corrected chi connectivity index (χ4v) is 2.79. The molecule has 0 unspecified atom stereocenters. The van der Waals surface area contributed by atoms with Crippen LogP contribution in [0.2, 0.25) is 0 Å². The third-order valence-corrected chi connectivity index (χ3v) is 4.16. The summed E-state index contributed by atoms with van der Waals surface area (Å²) in [6.45, 7) is 3.80. The topological polar surface area (TPSA) is 70.8 Å². The van der Waals surface area contributed by atoms with E-state index >= 15 is 0 Å². The number of hydrogen-bond acceptors (Lipinski definition) is 3. The van der Waals surface area contributed by atoms with Gasteiger partial charge in [0.25, 0.3) is 0 Å². The molecule has 0 spiro atoms. The highest BCUT2D eigenvalue weighted by Gasteiger charge is 2.17. The number of carbonyl (C=O) groups is 2. The van der Waals surface area contributed by atoms with Gasteiger partial charge in [-0.1, -0.05) is 22.0 Å². The predicted octanol–water partition coefficient (Wildman–Crippen LogP) is 3.56. The summed E-state index contributed by atoms with van der Waals surface area (Å²) >= 11 is 3.40. The van der Waals surface area contributed by atoms with E-state index in [1.807, 2.05) is 25.1 Å². The first-order valence-corrected chi connectivity index (χ1v) is 7.89. The predicted molar refractivity (Wildman–Crippen MR) is 89.5 cm³/mol. The van der Waals surface area contributed by atoms with Crippen LogP contribution < -0.4 is 0 Å². The number of likely N-dealkylation sites (N-methyl/N-ethyl adjacent to an activating group) is 1. The lowest BCUT2D eigenvalue weighted by Crippen LogP contribution is -2.27. The van der Waals surface area contributed by atoms with Gasteiger partial charge in [0.2, 0.25) is 5.91 Å². The van der Waals surface area contributed by atoms with Gasteiger partial charge in [0.05, 0.1) is 13.0 Å². The molecule has 0 aliphatic carbocycles. The minimum absolute atomic E-state index is 0.0543. The lowest BCUT2D eigenvalue weighted by Gasteiger charge is -2.16. The summed E-state index contributed by atoms with van der Waals surface area (Å²) in [6.07, 6.45) is 0.293. The fraction of sp³-hybridized carbons (Fsp3) is 0.294. The van der Waals surface area contributed by atoms with Crippen LogP contribution in [-0.4, -0.2) is 28.9 Å². The van der Waals surface area contributed by atoms with Crippen molar-refractivity contribution in [3.05, 3.63) is 56.9 Å². The lowest BCUT2D eigenvalue weighted by atomic mass is 10.1. The fourth-order valence-electron chi connectivity index (χ4n) is 2.31. The zero-order valence-corrected chi connectivity index (χ0v) is 14.8. The van der Waals surface area contributed by atoms with E-state index in [0.717, 1.165) is 15.6 Å². The Bertz CT molecular complexity index is 751. The van der Waals surface area contributed by atoms with Crippen LogP contribution in [0.3, 0.4) is 0 Å². The first-order chi connectivity index (χ1) is 10.8. The third kappa shape index (κ3) is 4.22. The second-order valence-corrected chi connectivity index (χ2v) is 6.40. The molecule has 122 valence electrons. The summed E-state index contributed by atoms with van der Waals surface area (Å²) in [5, 5.41) is 9.03. The molecule has 2 aromatic rings. The van der Waals surface area contributed by atoms with Crippen LogP contribution in [0.1, 0.15) is 33.0 Å². The second kappa shape index (κ2) is 7.00. The van der Waals surface area contributed by atoms with Crippen LogP contribution in [0.15, 0.2) is 33.2 Å². The SMILES string of the molecule is Cc1cc(Br)ccc1CC(=O)N(C)Cc1cc(C(=O)O)c(C)o1. The Hall–Kier alpha value is -2.08. The van der Waals surface area contributed by atoms with Crippen LogP contribution in [0, 0.1) is 13.8 Å². The maximum Gasteiger partial charge on any atom is 0.339 e. The highest BCUT2D eigenvalue weighted by Crippen LogP contribution is 2.19. The molecule has 1 aromatic carbocycles. The number of nitrogens with zero attached hydrogens (tertiary/aromatic N) is 1. The van der Waals surface area contributed by atoms with Crippen molar-refractivity contribution in [2.45, 2.75) is 26.8 Å². The average molecular weight is 380 g/mol. The Labute approximate surface area is 143 Å². The van der Waals surface area contributed by atoms with Crippen molar-refractivity contribution in [1.82, 2.24) is 4.90 Å². The molecule has 23 heavy (non-hydrogen) atoms. The molecule has 1 aromatic heterocycles. The van der Waals surface area contributed by atoms with Crippen LogP contribution in [0.4, 0.5) is 0 Å². The quantitative estimate of drug-likeness (QED) is 0.861. The number of carboxylic acids is 1. The maximum absolute atomic E-state index is 12.3. The molecule has 0 saturated heterocycles. The standard InChI is InChI=1S/C17H18BrNO4/c1-10-6-13(18)5-4-12(10)7-16(20)19(3)9-14-8-15(17(21)22)11(2)23-14/h4-6,8H,7,9H2,1-3H3,(H,21,22). The van der Waals surface area contributed by atoms with Gasteiger partial charge in [-0.05, 0) is 43.2 Å². The van der Waals surface area contributed by atoms with Crippen molar-refractivity contribution < 1.29 is 19.1 Å². The van der Waals surface area contributed by atoms with Gasteiger partial charge in [-0.2, -0.15) is 0 Å². The monoisotopic (exact) mass is 379 g/mol. The van der Waals surface area contributed by atoms with Gasteiger partial charge in [-0.3, -0.25) is 4.79 Å². The molecule has 1 heterocycles. The first kappa shape index (κ1) is 17.3. The molecule has 2 rings (SSSR count). The Balaban J connectivity index is 2.05. The van der Waals surface area contributed by atoms with Gasteiger partial charge in [-0.15, -0.1) is 0 Å². The van der Waals surface area contributed by atoms with E-state index in [1.54, 1.807) is 14.0 Å². The molecule has 0 fully saturated rings. The highest BCUT2D eigenvalue weighted by atomic mass is 79.9. The second-order valence-electron chi connectivity index (χ2n) is 5.49. The summed E-state index contributed by atoms with van der Waals surface area (Å²) in [4.78, 5) is 24.9. The number of carboxylic acid groups (broad SMARTS) is 1. The van der Waals surface area contributed by atoms with Gasteiger partial charge >= 0.3 is 5.97 Å². The number of halogens is 1. The number of benzene rings is 1. The van der Waals surface area contributed by atoms with E-state index in [9.17, 15) is 9.59 Å². The third-order valence-electron chi connectivity index (χ3n) is 3.66. The van der Waals surface area contributed by atoms with Crippen LogP contribution >= 0.6 is 15.9 Å². The van der Waals surface area contributed by atoms with Crippen molar-refractivity contribution in [2.75, 3.05) is 7.05 Å². The number of hydrogen-bond donors (Lipinski definition) is 1. The maximum atomic E-state index is 12.3. The Morgan fingerprint density at radius 1 is 1.26 bits per heavy atom. The number of furan rings is 1. The van der Waals surface area contributed by atoms with Crippen molar-refractivity contribution in [3.8, 4) is 0 Å². The summed E-state index contributed by atoms with van der Waals surface area (Å²) < 4.78 is 6.38. The number of carbonyl (C=O) groups excluding carboxylic acids is 1. The number of rotatable bonds is 5. The molecule has 6 heteroatoms. The molecule has 1 N–H and O–H groups in total. The summed E-state index contributed by atoms with van der Waals surface area (Å²) in [6, 6.07) is 7.26. The van der Waals surface area contributed by atoms with E-state index in [1.165, 1.54) is 11.0 Å². The molecule has 0 radical (unpaired) electrons. The average Bonchev–Trinajstić information content (AvgIpc) is 2.82. The van der Waals surface area contributed by atoms with Crippen molar-refractivity contribution in [1.29, 1.82) is 0 Å². The Morgan fingerprint density at radius 3 is 2.52 bits per heavy atom. The molecular formula is C17H18BrNO4. The zero-order chi connectivity index (χ0) is 17.1. The number of amides is 1. The molecule has 0 aliphatic rings. The van der Waals surface area contributed by atoms with Gasteiger partial charge < -0.3 is 14.4 Å². The molecule has 0 bridgehead atoms. The van der Waals surface area contributed by atoms with Crippen molar-refractivity contribution in [2.24, 2.45) is 0 Å². The first-order valence-electron chi connectivity index (χ1n) is 7.09. The van der Waals surface area contributed by atoms with Gasteiger partial charge in [0.15, 0.2) is 0 Å². The molecular weight excluding hydrogens is 362 g/mol. The summed E-state index contributed by atoms with van der Waals surface area (Å²) in [5.74, 6) is -0.279.